The molecule has 0 N–H and O–H groups in total. The second-order valence-corrected chi connectivity index (χ2v) is 3.59. The van der Waals surface area contributed by atoms with Crippen LogP contribution in [0.3, 0.4) is 0 Å². The van der Waals surface area contributed by atoms with Crippen molar-refractivity contribution in [2.75, 3.05) is 6.61 Å². The molecule has 1 aliphatic carbocycles. The van der Waals surface area contributed by atoms with Crippen LogP contribution in [-0.2, 0) is 9.63 Å². The van der Waals surface area contributed by atoms with Crippen LogP contribution in [0.4, 0.5) is 0 Å². The highest BCUT2D eigenvalue weighted by atomic mass is 16.7. The molecule has 2 rings (SSSR count). The van der Waals surface area contributed by atoms with Crippen molar-refractivity contribution in [1.82, 2.24) is 5.06 Å². The maximum Gasteiger partial charge on any atom is 0.248 e. The summed E-state index contributed by atoms with van der Waals surface area (Å²) in [6.45, 7) is 0.593. The summed E-state index contributed by atoms with van der Waals surface area (Å²) in [4.78, 5) is 16.6. The zero-order valence-electron chi connectivity index (χ0n) is 7.29. The molecule has 0 bridgehead atoms. The summed E-state index contributed by atoms with van der Waals surface area (Å²) in [5.74, 6) is 0.182. The van der Waals surface area contributed by atoms with E-state index in [1.165, 1.54) is 19.3 Å². The van der Waals surface area contributed by atoms with Gasteiger partial charge in [-0.2, -0.15) is 0 Å². The monoisotopic (exact) mass is 169 g/mol. The minimum absolute atomic E-state index is 0.182. The largest absolute Gasteiger partial charge is 0.272 e. The fraction of sp³-hybridized carbons (Fsp3) is 0.889. The highest BCUT2D eigenvalue weighted by Gasteiger charge is 2.30. The van der Waals surface area contributed by atoms with Crippen molar-refractivity contribution >= 4 is 5.91 Å². The lowest BCUT2D eigenvalue weighted by Crippen LogP contribution is -2.36. The van der Waals surface area contributed by atoms with E-state index in [1.54, 1.807) is 5.06 Å². The molecule has 1 saturated heterocycles. The van der Waals surface area contributed by atoms with E-state index in [4.69, 9.17) is 4.84 Å². The molecule has 0 aromatic rings. The SMILES string of the molecule is O=C1CCON1C1CCCCC1. The summed E-state index contributed by atoms with van der Waals surface area (Å²) in [5, 5.41) is 1.62. The van der Waals surface area contributed by atoms with Crippen LogP contribution in [0.25, 0.3) is 0 Å². The Hall–Kier alpha value is -0.570. The number of hydroxylamine groups is 2. The number of carbonyl (C=O) groups excluding carboxylic acids is 1. The first kappa shape index (κ1) is 8.05. The zero-order valence-corrected chi connectivity index (χ0v) is 7.29. The number of amides is 1. The van der Waals surface area contributed by atoms with Crippen LogP contribution in [0.5, 0.6) is 0 Å². The van der Waals surface area contributed by atoms with Crippen LogP contribution in [0.1, 0.15) is 38.5 Å². The van der Waals surface area contributed by atoms with Gasteiger partial charge in [-0.3, -0.25) is 9.63 Å². The van der Waals surface area contributed by atoms with E-state index in [0.29, 0.717) is 19.1 Å². The summed E-state index contributed by atoms with van der Waals surface area (Å²) < 4.78 is 0. The van der Waals surface area contributed by atoms with Gasteiger partial charge >= 0.3 is 0 Å². The van der Waals surface area contributed by atoms with Crippen LogP contribution < -0.4 is 0 Å². The quantitative estimate of drug-likeness (QED) is 0.595. The van der Waals surface area contributed by atoms with E-state index in [2.05, 4.69) is 0 Å². The highest BCUT2D eigenvalue weighted by Crippen LogP contribution is 2.25. The molecule has 2 aliphatic rings. The molecule has 12 heavy (non-hydrogen) atoms. The van der Waals surface area contributed by atoms with Crippen LogP contribution in [0.15, 0.2) is 0 Å². The summed E-state index contributed by atoms with van der Waals surface area (Å²) in [7, 11) is 0. The average molecular weight is 169 g/mol. The predicted octanol–water partition coefficient (Wildman–Crippen LogP) is 1.48. The summed E-state index contributed by atoms with van der Waals surface area (Å²) in [5.41, 5.74) is 0. The van der Waals surface area contributed by atoms with Crippen molar-refractivity contribution in [3.8, 4) is 0 Å². The molecule has 3 nitrogen and oxygen atoms in total. The fourth-order valence-electron chi connectivity index (χ4n) is 2.04. The maximum absolute atomic E-state index is 11.3. The average Bonchev–Trinajstić information content (AvgIpc) is 2.53. The molecule has 1 aliphatic heterocycles. The van der Waals surface area contributed by atoms with Crippen molar-refractivity contribution < 1.29 is 9.63 Å². The fourth-order valence-corrected chi connectivity index (χ4v) is 2.04. The van der Waals surface area contributed by atoms with Gasteiger partial charge in [0.1, 0.15) is 0 Å². The second kappa shape index (κ2) is 3.44. The maximum atomic E-state index is 11.3. The lowest BCUT2D eigenvalue weighted by Gasteiger charge is -2.28. The zero-order chi connectivity index (χ0) is 8.39. The van der Waals surface area contributed by atoms with Crippen LogP contribution in [0, 0.1) is 0 Å². The normalized spacial score (nSPS) is 26.7. The number of carbonyl (C=O) groups is 1. The molecular formula is C9H15NO2. The minimum atomic E-state index is 0.182. The molecule has 1 amide bonds. The second-order valence-electron chi connectivity index (χ2n) is 3.59. The van der Waals surface area contributed by atoms with E-state index < -0.39 is 0 Å². The first-order valence-electron chi connectivity index (χ1n) is 4.83. The summed E-state index contributed by atoms with van der Waals surface area (Å²) >= 11 is 0. The van der Waals surface area contributed by atoms with Crippen molar-refractivity contribution in [3.05, 3.63) is 0 Å². The third kappa shape index (κ3) is 1.46. The molecule has 2 fully saturated rings. The van der Waals surface area contributed by atoms with Crippen molar-refractivity contribution in [3.63, 3.8) is 0 Å². The van der Waals surface area contributed by atoms with Gasteiger partial charge in [0, 0.05) is 0 Å². The smallest absolute Gasteiger partial charge is 0.248 e. The Morgan fingerprint density at radius 2 is 2.00 bits per heavy atom. The highest BCUT2D eigenvalue weighted by molar-refractivity contribution is 5.76. The molecule has 1 heterocycles. The molecule has 0 aromatic carbocycles. The topological polar surface area (TPSA) is 29.5 Å². The lowest BCUT2D eigenvalue weighted by atomic mass is 9.95. The standard InChI is InChI=1S/C9H15NO2/c11-9-6-7-12-10(9)8-4-2-1-3-5-8/h8H,1-7H2. The predicted molar refractivity (Wildman–Crippen MR) is 44.3 cm³/mol. The van der Waals surface area contributed by atoms with Gasteiger partial charge in [0.05, 0.1) is 19.1 Å². The summed E-state index contributed by atoms with van der Waals surface area (Å²) in [6, 6.07) is 0.383. The first-order chi connectivity index (χ1) is 5.88. The first-order valence-corrected chi connectivity index (χ1v) is 4.83. The Morgan fingerprint density at radius 3 is 2.58 bits per heavy atom. The Balaban J connectivity index is 1.93. The van der Waals surface area contributed by atoms with Crippen LogP contribution >= 0.6 is 0 Å². The molecule has 0 radical (unpaired) electrons. The Bertz CT molecular complexity index is 175. The molecule has 3 heteroatoms. The van der Waals surface area contributed by atoms with E-state index in [-0.39, 0.29) is 5.91 Å². The van der Waals surface area contributed by atoms with Gasteiger partial charge in [-0.25, -0.2) is 5.06 Å². The van der Waals surface area contributed by atoms with Crippen LogP contribution in [-0.4, -0.2) is 23.6 Å². The lowest BCUT2D eigenvalue weighted by molar-refractivity contribution is -0.176. The number of rotatable bonds is 1. The molecule has 0 unspecified atom stereocenters. The van der Waals surface area contributed by atoms with Crippen molar-refractivity contribution in [1.29, 1.82) is 0 Å². The third-order valence-corrected chi connectivity index (χ3v) is 2.70. The number of hydrogen-bond acceptors (Lipinski definition) is 2. The Kier molecular flexibility index (Phi) is 2.30. The molecule has 0 aromatic heterocycles. The van der Waals surface area contributed by atoms with Gasteiger partial charge in [-0.05, 0) is 12.8 Å². The van der Waals surface area contributed by atoms with E-state index in [1.807, 2.05) is 0 Å². The van der Waals surface area contributed by atoms with Gasteiger partial charge in [-0.15, -0.1) is 0 Å². The third-order valence-electron chi connectivity index (χ3n) is 2.70. The molecule has 0 atom stereocenters. The van der Waals surface area contributed by atoms with Gasteiger partial charge in [0.25, 0.3) is 0 Å². The molecule has 1 saturated carbocycles. The van der Waals surface area contributed by atoms with E-state index >= 15 is 0 Å². The molecule has 0 spiro atoms. The van der Waals surface area contributed by atoms with E-state index in [0.717, 1.165) is 12.8 Å². The summed E-state index contributed by atoms with van der Waals surface area (Å²) in [6.07, 6.45) is 6.65. The van der Waals surface area contributed by atoms with Gasteiger partial charge < -0.3 is 0 Å². The molecular weight excluding hydrogens is 154 g/mol. The van der Waals surface area contributed by atoms with E-state index in [9.17, 15) is 4.79 Å². The van der Waals surface area contributed by atoms with Gasteiger partial charge in [-0.1, -0.05) is 19.3 Å². The Morgan fingerprint density at radius 1 is 1.25 bits per heavy atom. The van der Waals surface area contributed by atoms with Crippen molar-refractivity contribution in [2.45, 2.75) is 44.6 Å². The molecule has 68 valence electrons. The van der Waals surface area contributed by atoms with Crippen molar-refractivity contribution in [2.24, 2.45) is 0 Å². The van der Waals surface area contributed by atoms with Crippen LogP contribution in [0.2, 0.25) is 0 Å². The minimum Gasteiger partial charge on any atom is -0.272 e. The van der Waals surface area contributed by atoms with Gasteiger partial charge in [0.2, 0.25) is 5.91 Å². The number of hydrogen-bond donors (Lipinski definition) is 0. The Labute approximate surface area is 72.6 Å². The van der Waals surface area contributed by atoms with Gasteiger partial charge in [0.15, 0.2) is 0 Å². The number of nitrogens with zero attached hydrogens (tertiary/aromatic N) is 1.